The first-order valence-electron chi connectivity index (χ1n) is 8.81. The van der Waals surface area contributed by atoms with Gasteiger partial charge in [-0.2, -0.15) is 0 Å². The Labute approximate surface area is 151 Å². The number of ether oxygens (including phenoxy) is 1. The molecular weight excluding hydrogens is 310 g/mol. The Bertz CT molecular complexity index is 780. The van der Waals surface area contributed by atoms with Crippen molar-refractivity contribution < 1.29 is 9.53 Å². The minimum absolute atomic E-state index is 0.0578. The molecule has 0 bridgehead atoms. The highest BCUT2D eigenvalue weighted by molar-refractivity contribution is 5.81. The highest BCUT2D eigenvalue weighted by atomic mass is 16.5. The third-order valence-corrected chi connectivity index (χ3v) is 4.87. The molecule has 0 radical (unpaired) electrons. The fraction of sp³-hybridized carbons (Fsp3) is 0.409. The van der Waals surface area contributed by atoms with Crippen molar-refractivity contribution in [1.29, 1.82) is 0 Å². The number of benzene rings is 2. The SMILES string of the molecule is Cc1ccc(O[C@H](C)C(=O)N[C@@H](C)c2cc(C)c(C)cc2C)cc1C. The molecule has 0 unspecified atom stereocenters. The normalized spacial score (nSPS) is 13.2. The predicted molar refractivity (Wildman–Crippen MR) is 103 cm³/mol. The van der Waals surface area contributed by atoms with Crippen LogP contribution < -0.4 is 10.1 Å². The highest BCUT2D eigenvalue weighted by Gasteiger charge is 2.19. The summed E-state index contributed by atoms with van der Waals surface area (Å²) in [5.41, 5.74) is 7.22. The summed E-state index contributed by atoms with van der Waals surface area (Å²) in [5.74, 6) is 0.615. The average molecular weight is 339 g/mol. The topological polar surface area (TPSA) is 38.3 Å². The van der Waals surface area contributed by atoms with Gasteiger partial charge < -0.3 is 10.1 Å². The van der Waals surface area contributed by atoms with E-state index in [0.717, 1.165) is 16.9 Å². The number of aryl methyl sites for hydroxylation is 5. The zero-order valence-corrected chi connectivity index (χ0v) is 16.4. The molecule has 3 nitrogen and oxygen atoms in total. The quantitative estimate of drug-likeness (QED) is 0.843. The van der Waals surface area contributed by atoms with Gasteiger partial charge >= 0.3 is 0 Å². The molecule has 2 rings (SSSR count). The fourth-order valence-electron chi connectivity index (χ4n) is 2.90. The zero-order valence-electron chi connectivity index (χ0n) is 16.4. The van der Waals surface area contributed by atoms with Crippen LogP contribution in [-0.4, -0.2) is 12.0 Å². The van der Waals surface area contributed by atoms with Crippen molar-refractivity contribution in [2.24, 2.45) is 0 Å². The monoisotopic (exact) mass is 339 g/mol. The largest absolute Gasteiger partial charge is 0.481 e. The Morgan fingerprint density at radius 2 is 1.44 bits per heavy atom. The van der Waals surface area contributed by atoms with Gasteiger partial charge in [-0.15, -0.1) is 0 Å². The highest BCUT2D eigenvalue weighted by Crippen LogP contribution is 2.22. The Morgan fingerprint density at radius 1 is 0.840 bits per heavy atom. The number of carbonyl (C=O) groups is 1. The minimum atomic E-state index is -0.545. The molecule has 2 aromatic rings. The average Bonchev–Trinajstić information content (AvgIpc) is 2.54. The van der Waals surface area contributed by atoms with Gasteiger partial charge in [-0.25, -0.2) is 0 Å². The summed E-state index contributed by atoms with van der Waals surface area (Å²) in [7, 11) is 0. The summed E-state index contributed by atoms with van der Waals surface area (Å²) >= 11 is 0. The fourth-order valence-corrected chi connectivity index (χ4v) is 2.90. The zero-order chi connectivity index (χ0) is 18.7. The van der Waals surface area contributed by atoms with E-state index in [1.54, 1.807) is 6.92 Å². The van der Waals surface area contributed by atoms with Crippen LogP contribution in [0, 0.1) is 34.6 Å². The molecule has 0 heterocycles. The van der Waals surface area contributed by atoms with E-state index in [0.29, 0.717) is 0 Å². The van der Waals surface area contributed by atoms with Crippen LogP contribution in [0.3, 0.4) is 0 Å². The van der Waals surface area contributed by atoms with Gasteiger partial charge in [0.1, 0.15) is 5.75 Å². The lowest BCUT2D eigenvalue weighted by Gasteiger charge is -2.21. The second-order valence-electron chi connectivity index (χ2n) is 7.03. The molecule has 2 aromatic carbocycles. The molecule has 25 heavy (non-hydrogen) atoms. The molecule has 134 valence electrons. The molecule has 3 heteroatoms. The lowest BCUT2D eigenvalue weighted by molar-refractivity contribution is -0.127. The van der Waals surface area contributed by atoms with Crippen molar-refractivity contribution in [2.75, 3.05) is 0 Å². The molecular formula is C22H29NO2. The smallest absolute Gasteiger partial charge is 0.261 e. The van der Waals surface area contributed by atoms with E-state index in [1.165, 1.54) is 22.3 Å². The summed E-state index contributed by atoms with van der Waals surface area (Å²) in [6.45, 7) is 14.2. The maximum absolute atomic E-state index is 12.5. The predicted octanol–water partition coefficient (Wildman–Crippen LogP) is 4.87. The van der Waals surface area contributed by atoms with Gasteiger partial charge in [0.25, 0.3) is 5.91 Å². The number of nitrogens with one attached hydrogen (secondary N) is 1. The third-order valence-electron chi connectivity index (χ3n) is 4.87. The first-order valence-corrected chi connectivity index (χ1v) is 8.81. The van der Waals surface area contributed by atoms with Crippen molar-refractivity contribution in [3.63, 3.8) is 0 Å². The number of amides is 1. The van der Waals surface area contributed by atoms with Crippen LogP contribution in [-0.2, 0) is 4.79 Å². The van der Waals surface area contributed by atoms with Crippen molar-refractivity contribution in [1.82, 2.24) is 5.32 Å². The molecule has 0 saturated heterocycles. The first kappa shape index (κ1) is 19.0. The number of hydrogen-bond acceptors (Lipinski definition) is 2. The van der Waals surface area contributed by atoms with Gasteiger partial charge in [-0.3, -0.25) is 4.79 Å². The molecule has 0 spiro atoms. The summed E-state index contributed by atoms with van der Waals surface area (Å²) < 4.78 is 5.81. The summed E-state index contributed by atoms with van der Waals surface area (Å²) in [6, 6.07) is 10.2. The van der Waals surface area contributed by atoms with Crippen LogP contribution in [0.5, 0.6) is 5.75 Å². The second-order valence-corrected chi connectivity index (χ2v) is 7.03. The Hall–Kier alpha value is -2.29. The van der Waals surface area contributed by atoms with E-state index in [9.17, 15) is 4.79 Å². The molecule has 1 amide bonds. The van der Waals surface area contributed by atoms with Gasteiger partial charge in [0.15, 0.2) is 6.10 Å². The van der Waals surface area contributed by atoms with Crippen molar-refractivity contribution in [3.8, 4) is 5.75 Å². The molecule has 0 aromatic heterocycles. The molecule has 2 atom stereocenters. The maximum Gasteiger partial charge on any atom is 0.261 e. The van der Waals surface area contributed by atoms with E-state index >= 15 is 0 Å². The number of hydrogen-bond donors (Lipinski definition) is 1. The van der Waals surface area contributed by atoms with Gasteiger partial charge in [-0.05, 0) is 94.0 Å². The van der Waals surface area contributed by atoms with Crippen LogP contribution in [0.25, 0.3) is 0 Å². The van der Waals surface area contributed by atoms with E-state index in [-0.39, 0.29) is 11.9 Å². The standard InChI is InChI=1S/C22H29NO2/c1-13-8-9-20(11-15(13)3)25-19(7)22(24)23-18(6)21-12-16(4)14(2)10-17(21)5/h8-12,18-19H,1-7H3,(H,23,24)/t18-,19+/m0/s1. The first-order chi connectivity index (χ1) is 11.7. The van der Waals surface area contributed by atoms with Gasteiger partial charge in [0.05, 0.1) is 6.04 Å². The third kappa shape index (κ3) is 4.62. The second kappa shape index (κ2) is 7.73. The van der Waals surface area contributed by atoms with Crippen LogP contribution >= 0.6 is 0 Å². The van der Waals surface area contributed by atoms with Gasteiger partial charge in [-0.1, -0.05) is 18.2 Å². The van der Waals surface area contributed by atoms with E-state index in [4.69, 9.17) is 4.74 Å². The van der Waals surface area contributed by atoms with Crippen molar-refractivity contribution >= 4 is 5.91 Å². The van der Waals surface area contributed by atoms with Crippen LogP contribution in [0.1, 0.15) is 53.3 Å². The minimum Gasteiger partial charge on any atom is -0.481 e. The molecule has 0 fully saturated rings. The van der Waals surface area contributed by atoms with Crippen LogP contribution in [0.15, 0.2) is 30.3 Å². The summed E-state index contributed by atoms with van der Waals surface area (Å²) in [4.78, 5) is 12.5. The van der Waals surface area contributed by atoms with E-state index in [2.05, 4.69) is 45.1 Å². The number of rotatable bonds is 5. The molecule has 0 aliphatic heterocycles. The van der Waals surface area contributed by atoms with Crippen molar-refractivity contribution in [2.45, 2.75) is 60.6 Å². The summed E-state index contributed by atoms with van der Waals surface area (Å²) in [5, 5.41) is 3.07. The molecule has 0 aliphatic carbocycles. The molecule has 0 aliphatic rings. The van der Waals surface area contributed by atoms with Crippen LogP contribution in [0.4, 0.5) is 0 Å². The molecule has 0 saturated carbocycles. The van der Waals surface area contributed by atoms with Crippen molar-refractivity contribution in [3.05, 3.63) is 63.7 Å². The molecule has 1 N–H and O–H groups in total. The number of carbonyl (C=O) groups excluding carboxylic acids is 1. The van der Waals surface area contributed by atoms with E-state index < -0.39 is 6.10 Å². The Kier molecular flexibility index (Phi) is 5.89. The summed E-state index contributed by atoms with van der Waals surface area (Å²) in [6.07, 6.45) is -0.545. The Balaban J connectivity index is 2.05. The van der Waals surface area contributed by atoms with Crippen LogP contribution in [0.2, 0.25) is 0 Å². The van der Waals surface area contributed by atoms with E-state index in [1.807, 2.05) is 32.0 Å². The lowest BCUT2D eigenvalue weighted by Crippen LogP contribution is -2.38. The van der Waals surface area contributed by atoms with Gasteiger partial charge in [0.2, 0.25) is 0 Å². The maximum atomic E-state index is 12.5. The Morgan fingerprint density at radius 3 is 2.08 bits per heavy atom. The van der Waals surface area contributed by atoms with Gasteiger partial charge in [0, 0.05) is 0 Å². The lowest BCUT2D eigenvalue weighted by atomic mass is 9.96.